The number of nitrogens with zero attached hydrogens (tertiary/aromatic N) is 6. The van der Waals surface area contributed by atoms with E-state index in [1.54, 1.807) is 0 Å². The van der Waals surface area contributed by atoms with Gasteiger partial charge in [-0.15, -0.1) is 0 Å². The lowest BCUT2D eigenvalue weighted by molar-refractivity contribution is 0.718. The van der Waals surface area contributed by atoms with Crippen molar-refractivity contribution in [3.8, 4) is 39.7 Å². The number of benzene rings is 8. The summed E-state index contributed by atoms with van der Waals surface area (Å²) in [6.45, 7) is 0. The zero-order valence-electron chi connectivity index (χ0n) is 38.0. The Kier molecular flexibility index (Phi) is 7.94. The number of para-hydroxylation sites is 5. The van der Waals surface area contributed by atoms with Crippen molar-refractivity contribution in [1.82, 2.24) is 28.7 Å². The molecule has 1 aliphatic carbocycles. The lowest BCUT2D eigenvalue weighted by Crippen LogP contribution is -2.32. The summed E-state index contributed by atoms with van der Waals surface area (Å²) in [5.41, 5.74) is 17.1. The predicted octanol–water partition coefficient (Wildman–Crippen LogP) is 15.7. The van der Waals surface area contributed by atoms with Crippen molar-refractivity contribution >= 4 is 77.2 Å². The molecule has 7 heterocycles. The van der Waals surface area contributed by atoms with Crippen molar-refractivity contribution in [1.29, 1.82) is 0 Å². The van der Waals surface area contributed by atoms with Crippen LogP contribution in [0.15, 0.2) is 241 Å². The van der Waals surface area contributed by atoms with Crippen LogP contribution in [0.1, 0.15) is 22.3 Å². The van der Waals surface area contributed by atoms with Gasteiger partial charge in [-0.2, -0.15) is 0 Å². The van der Waals surface area contributed by atoms with Gasteiger partial charge >= 0.3 is 0 Å². The molecule has 0 bridgehead atoms. The topological polar surface area (TPSA) is 53.5 Å². The smallest absolute Gasteiger partial charge is 0.162 e. The molecule has 1 unspecified atom stereocenters. The lowest BCUT2D eigenvalue weighted by atomic mass is 9.67. The maximum Gasteiger partial charge on any atom is 0.162 e. The third kappa shape index (κ3) is 5.20. The van der Waals surface area contributed by atoms with E-state index >= 15 is 0 Å². The first kappa shape index (κ1) is 38.9. The molecule has 0 N–H and O–H groups in total. The van der Waals surface area contributed by atoms with E-state index in [0.717, 1.165) is 78.3 Å². The van der Waals surface area contributed by atoms with E-state index in [1.807, 2.05) is 30.2 Å². The first-order valence-electron chi connectivity index (χ1n) is 24.1. The highest BCUT2D eigenvalue weighted by Gasteiger charge is 2.52. The van der Waals surface area contributed by atoms with Crippen LogP contribution in [-0.2, 0) is 5.41 Å². The molecular formula is C64H38N6S. The van der Waals surface area contributed by atoms with Crippen molar-refractivity contribution < 1.29 is 0 Å². The van der Waals surface area contributed by atoms with Crippen LogP contribution >= 0.6 is 11.8 Å². The summed E-state index contributed by atoms with van der Waals surface area (Å²) in [5.74, 6) is 0.880. The molecule has 14 aromatic rings. The Morgan fingerprint density at radius 2 is 0.873 bits per heavy atom. The standard InChI is InChI=1S/C64H38N6S/c1-7-22-52-42(15-1)43-16-2-8-23-53(43)68(52)41-30-32-60-50(37-41)64(48-20-6-12-28-59(48)71-60)49-21-13-33-65-61(49)62-51(64)36-40(38-67-62)39-29-31-57-47(35-39)46-19-5-9-24-54(46)69(57)58-27-14-34-66-63(58)70-55-25-10-3-17-44(55)45-18-4-11-26-56(45)70/h1-38H. The van der Waals surface area contributed by atoms with E-state index in [1.165, 1.54) is 58.9 Å². The third-order valence-corrected chi connectivity index (χ3v) is 16.4. The van der Waals surface area contributed by atoms with Gasteiger partial charge in [0.15, 0.2) is 5.82 Å². The summed E-state index contributed by atoms with van der Waals surface area (Å²) in [5, 5.41) is 7.24. The molecular weight excluding hydrogens is 885 g/mol. The molecule has 1 spiro atoms. The molecule has 2 aliphatic rings. The first-order valence-corrected chi connectivity index (χ1v) is 24.9. The van der Waals surface area contributed by atoms with Gasteiger partial charge in [0.1, 0.15) is 0 Å². The molecule has 7 heteroatoms. The Morgan fingerprint density at radius 1 is 0.338 bits per heavy atom. The van der Waals surface area contributed by atoms with Gasteiger partial charge in [-0.1, -0.05) is 133 Å². The van der Waals surface area contributed by atoms with Crippen LogP contribution in [0.2, 0.25) is 0 Å². The number of hydrogen-bond donors (Lipinski definition) is 0. The van der Waals surface area contributed by atoms with Gasteiger partial charge in [-0.3, -0.25) is 14.5 Å². The van der Waals surface area contributed by atoms with Crippen LogP contribution in [0.5, 0.6) is 0 Å². The number of aromatic nitrogens is 6. The summed E-state index contributed by atoms with van der Waals surface area (Å²) in [6.07, 6.45) is 5.87. The fraction of sp³-hybridized carbons (Fsp3) is 0.0156. The molecule has 1 aliphatic heterocycles. The highest BCUT2D eigenvalue weighted by atomic mass is 32.2. The van der Waals surface area contributed by atoms with Gasteiger partial charge in [-0.25, -0.2) is 4.98 Å². The summed E-state index contributed by atoms with van der Waals surface area (Å²) in [6, 6.07) is 77.5. The predicted molar refractivity (Wildman–Crippen MR) is 290 cm³/mol. The maximum atomic E-state index is 5.42. The number of rotatable bonds is 4. The van der Waals surface area contributed by atoms with Gasteiger partial charge in [0.25, 0.3) is 0 Å². The van der Waals surface area contributed by atoms with Crippen molar-refractivity contribution in [2.75, 3.05) is 0 Å². The van der Waals surface area contributed by atoms with E-state index in [0.29, 0.717) is 0 Å². The minimum Gasteiger partial charge on any atom is -0.309 e. The van der Waals surface area contributed by atoms with Gasteiger partial charge in [0.05, 0.1) is 55.6 Å². The zero-order chi connectivity index (χ0) is 46.4. The van der Waals surface area contributed by atoms with Crippen molar-refractivity contribution in [3.05, 3.63) is 253 Å². The maximum absolute atomic E-state index is 5.42. The molecule has 0 saturated heterocycles. The quantitative estimate of drug-likeness (QED) is 0.176. The van der Waals surface area contributed by atoms with Crippen LogP contribution < -0.4 is 0 Å². The summed E-state index contributed by atoms with van der Waals surface area (Å²) in [4.78, 5) is 18.2. The number of fused-ring (bicyclic) bond motifs is 18. The summed E-state index contributed by atoms with van der Waals surface area (Å²) < 4.78 is 7.14. The van der Waals surface area contributed by atoms with Crippen molar-refractivity contribution in [2.45, 2.75) is 15.2 Å². The SMILES string of the molecule is c1ccc2c(c1)Sc1ccc(-n3c4ccccc4c4ccccc43)cc1C21c2cccnc2-c2ncc(-c3ccc4c(c3)c3ccccc3n4-c3cccnc3-n3c4ccccc4c4ccccc43)cc21. The fourth-order valence-corrected chi connectivity index (χ4v) is 13.6. The monoisotopic (exact) mass is 922 g/mol. The van der Waals surface area contributed by atoms with Crippen molar-refractivity contribution in [3.63, 3.8) is 0 Å². The van der Waals surface area contributed by atoms with Crippen LogP contribution in [0.3, 0.4) is 0 Å². The molecule has 0 amide bonds. The second-order valence-electron chi connectivity index (χ2n) is 18.7. The third-order valence-electron chi connectivity index (χ3n) is 15.2. The Labute approximate surface area is 411 Å². The second-order valence-corrected chi connectivity index (χ2v) is 19.8. The fourth-order valence-electron chi connectivity index (χ4n) is 12.4. The van der Waals surface area contributed by atoms with Crippen LogP contribution in [-0.4, -0.2) is 28.7 Å². The molecule has 1 atom stereocenters. The summed E-state index contributed by atoms with van der Waals surface area (Å²) >= 11 is 1.85. The normalized spacial score (nSPS) is 14.8. The lowest BCUT2D eigenvalue weighted by Gasteiger charge is -2.39. The molecule has 16 rings (SSSR count). The number of hydrogen-bond acceptors (Lipinski definition) is 4. The first-order chi connectivity index (χ1) is 35.2. The molecule has 0 radical (unpaired) electrons. The van der Waals surface area contributed by atoms with E-state index in [4.69, 9.17) is 15.0 Å². The zero-order valence-corrected chi connectivity index (χ0v) is 38.8. The van der Waals surface area contributed by atoms with Crippen molar-refractivity contribution in [2.24, 2.45) is 0 Å². The summed E-state index contributed by atoms with van der Waals surface area (Å²) in [7, 11) is 0. The molecule has 0 saturated carbocycles. The van der Waals surface area contributed by atoms with E-state index in [2.05, 4.69) is 226 Å². The minimum absolute atomic E-state index is 0.683. The number of pyridine rings is 3. The largest absolute Gasteiger partial charge is 0.309 e. The van der Waals surface area contributed by atoms with Gasteiger partial charge < -0.3 is 9.13 Å². The molecule has 6 aromatic heterocycles. The van der Waals surface area contributed by atoms with Gasteiger partial charge in [-0.05, 0) is 113 Å². The van der Waals surface area contributed by atoms with Crippen LogP contribution in [0.25, 0.3) is 105 Å². The molecule has 330 valence electrons. The van der Waals surface area contributed by atoms with Gasteiger partial charge in [0.2, 0.25) is 0 Å². The Bertz CT molecular complexity index is 4490. The average Bonchev–Trinajstić information content (AvgIpc) is 4.15. The Morgan fingerprint density at radius 3 is 1.58 bits per heavy atom. The van der Waals surface area contributed by atoms with Crippen LogP contribution in [0.4, 0.5) is 0 Å². The highest BCUT2D eigenvalue weighted by Crippen LogP contribution is 2.62. The van der Waals surface area contributed by atoms with Crippen LogP contribution in [0, 0.1) is 0 Å². The van der Waals surface area contributed by atoms with E-state index in [9.17, 15) is 0 Å². The molecule has 8 aromatic carbocycles. The van der Waals surface area contributed by atoms with Gasteiger partial charge in [0, 0.05) is 77.5 Å². The minimum atomic E-state index is -0.683. The molecule has 71 heavy (non-hydrogen) atoms. The average molecular weight is 923 g/mol. The Hall–Kier alpha value is -9.04. The highest BCUT2D eigenvalue weighted by molar-refractivity contribution is 7.99. The molecule has 6 nitrogen and oxygen atoms in total. The van der Waals surface area contributed by atoms with E-state index < -0.39 is 5.41 Å². The Balaban J connectivity index is 0.915. The molecule has 0 fully saturated rings. The van der Waals surface area contributed by atoms with E-state index in [-0.39, 0.29) is 0 Å². The second kappa shape index (κ2) is 14.5.